The molecule has 1 saturated carbocycles. The second-order valence-corrected chi connectivity index (χ2v) is 6.10. The Balaban J connectivity index is 1.94. The molecule has 0 radical (unpaired) electrons. The second-order valence-electron chi connectivity index (χ2n) is 6.10. The highest BCUT2D eigenvalue weighted by Gasteiger charge is 2.64. The van der Waals surface area contributed by atoms with E-state index in [1.54, 1.807) is 12.1 Å². The van der Waals surface area contributed by atoms with Crippen LogP contribution < -0.4 is 5.32 Å². The largest absolute Gasteiger partial charge is 0.478 e. The topological polar surface area (TPSA) is 62.2 Å². The van der Waals surface area contributed by atoms with E-state index in [0.717, 1.165) is 5.69 Å². The van der Waals surface area contributed by atoms with Gasteiger partial charge in [0.1, 0.15) is 0 Å². The lowest BCUT2D eigenvalue weighted by Crippen LogP contribution is -2.22. The number of rotatable bonds is 4. The summed E-state index contributed by atoms with van der Waals surface area (Å²) in [5.41, 5.74) is 1.70. The number of nitrogens with zero attached hydrogens (tertiary/aromatic N) is 1. The molecule has 1 aliphatic carbocycles. The van der Waals surface area contributed by atoms with Crippen molar-refractivity contribution in [3.8, 4) is 0 Å². The van der Waals surface area contributed by atoms with Crippen molar-refractivity contribution in [2.24, 2.45) is 10.8 Å². The van der Waals surface area contributed by atoms with Gasteiger partial charge in [0.25, 0.3) is 0 Å². The third-order valence-electron chi connectivity index (χ3n) is 4.58. The van der Waals surface area contributed by atoms with Gasteiger partial charge in [-0.25, -0.2) is 4.79 Å². The maximum absolute atomic E-state index is 10.7. The van der Waals surface area contributed by atoms with Gasteiger partial charge in [-0.2, -0.15) is 0 Å². The average Bonchev–Trinajstić information content (AvgIpc) is 2.67. The fourth-order valence-corrected chi connectivity index (χ4v) is 2.57. The summed E-state index contributed by atoms with van der Waals surface area (Å²) >= 11 is 0. The first-order chi connectivity index (χ1) is 8.26. The van der Waals surface area contributed by atoms with Gasteiger partial charge in [-0.15, -0.1) is 0 Å². The molecule has 0 unspecified atom stereocenters. The number of carboxylic acid groups (broad SMARTS) is 1. The summed E-state index contributed by atoms with van der Waals surface area (Å²) in [6, 6.07) is 3.83. The van der Waals surface area contributed by atoms with E-state index in [-0.39, 0.29) is 5.56 Å². The minimum absolute atomic E-state index is 0.228. The molecule has 1 aromatic rings. The molecule has 98 valence electrons. The fourth-order valence-electron chi connectivity index (χ4n) is 2.57. The Morgan fingerprint density at radius 2 is 1.94 bits per heavy atom. The van der Waals surface area contributed by atoms with Crippen molar-refractivity contribution in [3.05, 3.63) is 29.6 Å². The van der Waals surface area contributed by atoms with Gasteiger partial charge in [-0.05, 0) is 23.0 Å². The summed E-state index contributed by atoms with van der Waals surface area (Å²) in [7, 11) is 0. The number of pyridine rings is 1. The van der Waals surface area contributed by atoms with Crippen molar-refractivity contribution in [1.29, 1.82) is 0 Å². The van der Waals surface area contributed by atoms with Crippen LogP contribution in [0.3, 0.4) is 0 Å². The van der Waals surface area contributed by atoms with Crippen molar-refractivity contribution in [3.63, 3.8) is 0 Å². The van der Waals surface area contributed by atoms with E-state index in [1.807, 2.05) is 0 Å². The molecule has 4 heteroatoms. The van der Waals surface area contributed by atoms with Crippen LogP contribution in [0.4, 0.5) is 0 Å². The van der Waals surface area contributed by atoms with Crippen molar-refractivity contribution in [2.45, 2.75) is 40.3 Å². The van der Waals surface area contributed by atoms with Crippen LogP contribution in [0.1, 0.15) is 43.7 Å². The highest BCUT2D eigenvalue weighted by Crippen LogP contribution is 2.62. The first-order valence-corrected chi connectivity index (χ1v) is 6.18. The lowest BCUT2D eigenvalue weighted by molar-refractivity contribution is 0.0696. The number of hydrogen-bond acceptors (Lipinski definition) is 3. The minimum Gasteiger partial charge on any atom is -0.478 e. The van der Waals surface area contributed by atoms with Gasteiger partial charge >= 0.3 is 5.97 Å². The van der Waals surface area contributed by atoms with Crippen LogP contribution in [0.2, 0.25) is 0 Å². The minimum atomic E-state index is -0.938. The van der Waals surface area contributed by atoms with Crippen molar-refractivity contribution in [1.82, 2.24) is 10.3 Å². The molecule has 4 nitrogen and oxygen atoms in total. The summed E-state index contributed by atoms with van der Waals surface area (Å²) in [4.78, 5) is 14.9. The van der Waals surface area contributed by atoms with Crippen LogP contribution in [0.25, 0.3) is 0 Å². The average molecular weight is 248 g/mol. The number of hydrogen-bond donors (Lipinski definition) is 2. The molecule has 18 heavy (non-hydrogen) atoms. The molecule has 1 fully saturated rings. The van der Waals surface area contributed by atoms with Gasteiger partial charge in [0, 0.05) is 18.8 Å². The molecular formula is C14H20N2O2. The SMILES string of the molecule is CC1(C)C(NCc2ccc(C(=O)O)cn2)C1(C)C. The zero-order chi connectivity index (χ0) is 13.6. The predicted octanol–water partition coefficient (Wildman–Crippen LogP) is 2.30. The van der Waals surface area contributed by atoms with Gasteiger partial charge in [0.15, 0.2) is 0 Å². The Kier molecular flexibility index (Phi) is 2.93. The van der Waals surface area contributed by atoms with Crippen LogP contribution >= 0.6 is 0 Å². The molecule has 0 atom stereocenters. The smallest absolute Gasteiger partial charge is 0.337 e. The summed E-state index contributed by atoms with van der Waals surface area (Å²) in [6.07, 6.45) is 1.41. The lowest BCUT2D eigenvalue weighted by Gasteiger charge is -2.06. The second kappa shape index (κ2) is 4.05. The third-order valence-corrected chi connectivity index (χ3v) is 4.58. The van der Waals surface area contributed by atoms with Crippen LogP contribution in [-0.4, -0.2) is 22.1 Å². The molecule has 0 aromatic carbocycles. The van der Waals surface area contributed by atoms with E-state index in [0.29, 0.717) is 23.4 Å². The maximum Gasteiger partial charge on any atom is 0.337 e. The normalized spacial score (nSPS) is 20.7. The van der Waals surface area contributed by atoms with Gasteiger partial charge in [-0.1, -0.05) is 27.7 Å². The Bertz CT molecular complexity index is 449. The third kappa shape index (κ3) is 2.01. The van der Waals surface area contributed by atoms with Gasteiger partial charge < -0.3 is 10.4 Å². The molecule has 2 N–H and O–H groups in total. The van der Waals surface area contributed by atoms with Crippen LogP contribution in [0.15, 0.2) is 18.3 Å². The van der Waals surface area contributed by atoms with E-state index >= 15 is 0 Å². The monoisotopic (exact) mass is 248 g/mol. The number of carbonyl (C=O) groups is 1. The predicted molar refractivity (Wildman–Crippen MR) is 69.4 cm³/mol. The van der Waals surface area contributed by atoms with Crippen molar-refractivity contribution < 1.29 is 9.90 Å². The van der Waals surface area contributed by atoms with Crippen molar-refractivity contribution >= 4 is 5.97 Å². The fraction of sp³-hybridized carbons (Fsp3) is 0.571. The summed E-state index contributed by atoms with van der Waals surface area (Å²) in [5, 5.41) is 12.3. The van der Waals surface area contributed by atoms with Gasteiger partial charge in [0.05, 0.1) is 11.3 Å². The van der Waals surface area contributed by atoms with E-state index in [1.165, 1.54) is 6.20 Å². The maximum atomic E-state index is 10.7. The van der Waals surface area contributed by atoms with Gasteiger partial charge in [0.2, 0.25) is 0 Å². The highest BCUT2D eigenvalue weighted by molar-refractivity contribution is 5.87. The molecular weight excluding hydrogens is 228 g/mol. The Labute approximate surface area is 107 Å². The number of nitrogens with one attached hydrogen (secondary N) is 1. The van der Waals surface area contributed by atoms with Crippen molar-refractivity contribution in [2.75, 3.05) is 0 Å². The molecule has 0 spiro atoms. The number of aromatic nitrogens is 1. The summed E-state index contributed by atoms with van der Waals surface area (Å²) in [5.74, 6) is -0.938. The molecule has 1 aromatic heterocycles. The zero-order valence-corrected chi connectivity index (χ0v) is 11.3. The molecule has 1 aliphatic rings. The number of aromatic carboxylic acids is 1. The zero-order valence-electron chi connectivity index (χ0n) is 11.3. The van der Waals surface area contributed by atoms with E-state index in [2.05, 4.69) is 38.0 Å². The lowest BCUT2D eigenvalue weighted by atomic mass is 10.0. The Hall–Kier alpha value is -1.42. The highest BCUT2D eigenvalue weighted by atomic mass is 16.4. The quantitative estimate of drug-likeness (QED) is 0.858. The van der Waals surface area contributed by atoms with Crippen LogP contribution in [-0.2, 0) is 6.54 Å². The molecule has 2 rings (SSSR count). The van der Waals surface area contributed by atoms with E-state index in [9.17, 15) is 4.79 Å². The van der Waals surface area contributed by atoms with E-state index in [4.69, 9.17) is 5.11 Å². The molecule has 0 bridgehead atoms. The summed E-state index contributed by atoms with van der Waals surface area (Å²) < 4.78 is 0. The first kappa shape index (κ1) is 13.0. The molecule has 0 aliphatic heterocycles. The Morgan fingerprint density at radius 3 is 2.33 bits per heavy atom. The first-order valence-electron chi connectivity index (χ1n) is 6.18. The Morgan fingerprint density at radius 1 is 1.33 bits per heavy atom. The molecule has 0 saturated heterocycles. The molecule has 0 amide bonds. The summed E-state index contributed by atoms with van der Waals surface area (Å²) in [6.45, 7) is 9.70. The standard InChI is InChI=1S/C14H20N2O2/c1-13(2)12(14(13,3)4)16-8-10-6-5-9(7-15-10)11(17)18/h5-7,12,16H,8H2,1-4H3,(H,17,18). The molecule has 1 heterocycles. The van der Waals surface area contributed by atoms with Crippen LogP contribution in [0, 0.1) is 10.8 Å². The number of carboxylic acids is 1. The van der Waals surface area contributed by atoms with Crippen LogP contribution in [0.5, 0.6) is 0 Å². The van der Waals surface area contributed by atoms with E-state index < -0.39 is 5.97 Å². The van der Waals surface area contributed by atoms with Gasteiger partial charge in [-0.3, -0.25) is 4.98 Å².